The highest BCUT2D eigenvalue weighted by molar-refractivity contribution is 5.90. The van der Waals surface area contributed by atoms with Gasteiger partial charge in [0.05, 0.1) is 0 Å². The number of pyridine rings is 1. The Balaban J connectivity index is 1.85. The first-order valence-electron chi connectivity index (χ1n) is 9.25. The zero-order valence-corrected chi connectivity index (χ0v) is 16.0. The summed E-state index contributed by atoms with van der Waals surface area (Å²) in [7, 11) is 0. The largest absolute Gasteiger partial charge is 0.322 e. The second-order valence-electron chi connectivity index (χ2n) is 6.91. The standard InChI is InChI=1S/C22H25N3O2/c1-4-16-9-11-18(12-10-16)23-22(27)25(15(2)3)14-17-13-21(26)24-20-8-6-5-7-19(17)20/h5-13,15H,4,14H2,1-3H3,(H,23,27)(H,24,26). The van der Waals surface area contributed by atoms with Crippen molar-refractivity contribution in [1.29, 1.82) is 0 Å². The molecule has 3 rings (SSSR count). The molecule has 2 N–H and O–H groups in total. The Morgan fingerprint density at radius 3 is 2.48 bits per heavy atom. The molecule has 0 spiro atoms. The van der Waals surface area contributed by atoms with Crippen molar-refractivity contribution in [2.24, 2.45) is 0 Å². The Labute approximate surface area is 159 Å². The Morgan fingerprint density at radius 2 is 1.81 bits per heavy atom. The number of carbonyl (C=O) groups is 1. The van der Waals surface area contributed by atoms with Gasteiger partial charge < -0.3 is 15.2 Å². The van der Waals surface area contributed by atoms with E-state index < -0.39 is 0 Å². The van der Waals surface area contributed by atoms with Crippen molar-refractivity contribution in [3.63, 3.8) is 0 Å². The summed E-state index contributed by atoms with van der Waals surface area (Å²) in [6.07, 6.45) is 0.960. The van der Waals surface area contributed by atoms with Crippen LogP contribution in [0.1, 0.15) is 31.9 Å². The molecule has 1 heterocycles. The molecule has 0 saturated heterocycles. The molecule has 0 unspecified atom stereocenters. The number of hydrogen-bond donors (Lipinski definition) is 2. The summed E-state index contributed by atoms with van der Waals surface area (Å²) in [6.45, 7) is 6.39. The van der Waals surface area contributed by atoms with E-state index in [2.05, 4.69) is 17.2 Å². The van der Waals surface area contributed by atoms with E-state index in [1.807, 2.05) is 62.4 Å². The minimum Gasteiger partial charge on any atom is -0.322 e. The van der Waals surface area contributed by atoms with Gasteiger partial charge in [-0.25, -0.2) is 4.79 Å². The van der Waals surface area contributed by atoms with Gasteiger partial charge in [-0.1, -0.05) is 37.3 Å². The number of carbonyl (C=O) groups excluding carboxylic acids is 1. The average molecular weight is 363 g/mol. The summed E-state index contributed by atoms with van der Waals surface area (Å²) < 4.78 is 0. The number of nitrogens with zero attached hydrogens (tertiary/aromatic N) is 1. The molecule has 0 fully saturated rings. The molecule has 2 amide bonds. The van der Waals surface area contributed by atoms with Gasteiger partial charge in [-0.2, -0.15) is 0 Å². The van der Waals surface area contributed by atoms with Crippen molar-refractivity contribution in [3.8, 4) is 0 Å². The predicted molar refractivity (Wildman–Crippen MR) is 110 cm³/mol. The Hall–Kier alpha value is -3.08. The number of amides is 2. The summed E-state index contributed by atoms with van der Waals surface area (Å²) >= 11 is 0. The first kappa shape index (κ1) is 18.7. The molecule has 5 heteroatoms. The second-order valence-corrected chi connectivity index (χ2v) is 6.91. The van der Waals surface area contributed by atoms with Gasteiger partial charge in [0.25, 0.3) is 0 Å². The normalized spacial score (nSPS) is 11.0. The maximum atomic E-state index is 12.9. The fourth-order valence-corrected chi connectivity index (χ4v) is 3.10. The van der Waals surface area contributed by atoms with Gasteiger partial charge in [-0.05, 0) is 49.6 Å². The minimum atomic E-state index is -0.182. The molecule has 5 nitrogen and oxygen atoms in total. The van der Waals surface area contributed by atoms with Crippen LogP contribution in [0, 0.1) is 0 Å². The predicted octanol–water partition coefficient (Wildman–Crippen LogP) is 4.53. The van der Waals surface area contributed by atoms with Crippen LogP contribution in [-0.4, -0.2) is 22.0 Å². The van der Waals surface area contributed by atoms with Crippen LogP contribution in [-0.2, 0) is 13.0 Å². The lowest BCUT2D eigenvalue weighted by atomic mass is 10.1. The maximum absolute atomic E-state index is 12.9. The lowest BCUT2D eigenvalue weighted by molar-refractivity contribution is 0.194. The van der Waals surface area contributed by atoms with Crippen molar-refractivity contribution in [3.05, 3.63) is 76.1 Å². The second kappa shape index (κ2) is 8.08. The molecule has 3 aromatic rings. The van der Waals surface area contributed by atoms with Crippen LogP contribution in [0.25, 0.3) is 10.9 Å². The number of benzene rings is 2. The average Bonchev–Trinajstić information content (AvgIpc) is 2.66. The van der Waals surface area contributed by atoms with E-state index in [0.717, 1.165) is 28.6 Å². The molecule has 27 heavy (non-hydrogen) atoms. The monoisotopic (exact) mass is 363 g/mol. The van der Waals surface area contributed by atoms with Gasteiger partial charge >= 0.3 is 6.03 Å². The van der Waals surface area contributed by atoms with Crippen LogP contribution in [0.3, 0.4) is 0 Å². The zero-order chi connectivity index (χ0) is 19.4. The van der Waals surface area contributed by atoms with Gasteiger partial charge in [0.2, 0.25) is 5.56 Å². The third kappa shape index (κ3) is 4.37. The van der Waals surface area contributed by atoms with E-state index in [-0.39, 0.29) is 17.6 Å². The third-order valence-electron chi connectivity index (χ3n) is 4.67. The Morgan fingerprint density at radius 1 is 1.11 bits per heavy atom. The molecule has 0 saturated carbocycles. The molecular formula is C22H25N3O2. The number of fused-ring (bicyclic) bond motifs is 1. The Bertz CT molecular complexity index is 990. The quantitative estimate of drug-likeness (QED) is 0.699. The molecule has 2 aromatic carbocycles. The first-order chi connectivity index (χ1) is 13.0. The van der Waals surface area contributed by atoms with Gasteiger partial charge in [0.1, 0.15) is 0 Å². The molecule has 0 atom stereocenters. The minimum absolute atomic E-state index is 0.0158. The van der Waals surface area contributed by atoms with Crippen molar-refractivity contribution >= 4 is 22.6 Å². The molecule has 0 aliphatic rings. The van der Waals surface area contributed by atoms with Gasteiger partial charge in [-0.3, -0.25) is 4.79 Å². The first-order valence-corrected chi connectivity index (χ1v) is 9.25. The maximum Gasteiger partial charge on any atom is 0.322 e. The lowest BCUT2D eigenvalue weighted by Crippen LogP contribution is -2.39. The number of aromatic amines is 1. The highest BCUT2D eigenvalue weighted by Crippen LogP contribution is 2.19. The van der Waals surface area contributed by atoms with Gasteiger partial charge in [0.15, 0.2) is 0 Å². The summed E-state index contributed by atoms with van der Waals surface area (Å²) in [5.41, 5.74) is 3.43. The fourth-order valence-electron chi connectivity index (χ4n) is 3.10. The molecular weight excluding hydrogens is 338 g/mol. The number of urea groups is 1. The molecule has 1 aromatic heterocycles. The SMILES string of the molecule is CCc1ccc(NC(=O)N(Cc2cc(=O)[nH]c3ccccc23)C(C)C)cc1. The van der Waals surface area contributed by atoms with E-state index in [4.69, 9.17) is 0 Å². The fraction of sp³-hybridized carbons (Fsp3) is 0.273. The van der Waals surface area contributed by atoms with E-state index in [9.17, 15) is 9.59 Å². The van der Waals surface area contributed by atoms with Crippen molar-refractivity contribution in [1.82, 2.24) is 9.88 Å². The summed E-state index contributed by atoms with van der Waals surface area (Å²) in [5, 5.41) is 3.91. The Kier molecular flexibility index (Phi) is 5.60. The van der Waals surface area contributed by atoms with E-state index in [1.165, 1.54) is 5.56 Å². The highest BCUT2D eigenvalue weighted by Gasteiger charge is 2.19. The van der Waals surface area contributed by atoms with Crippen LogP contribution >= 0.6 is 0 Å². The van der Waals surface area contributed by atoms with E-state index >= 15 is 0 Å². The van der Waals surface area contributed by atoms with Crippen LogP contribution in [0.15, 0.2) is 59.4 Å². The molecule has 0 aliphatic carbocycles. The van der Waals surface area contributed by atoms with E-state index in [0.29, 0.717) is 6.54 Å². The molecule has 0 radical (unpaired) electrons. The summed E-state index contributed by atoms with van der Waals surface area (Å²) in [4.78, 5) is 29.4. The molecule has 0 bridgehead atoms. The smallest absolute Gasteiger partial charge is 0.322 e. The number of H-pyrrole nitrogens is 1. The van der Waals surface area contributed by atoms with Crippen molar-refractivity contribution < 1.29 is 4.79 Å². The van der Waals surface area contributed by atoms with E-state index in [1.54, 1.807) is 11.0 Å². The zero-order valence-electron chi connectivity index (χ0n) is 16.0. The third-order valence-corrected chi connectivity index (χ3v) is 4.67. The number of aryl methyl sites for hydroxylation is 1. The summed E-state index contributed by atoms with van der Waals surface area (Å²) in [6, 6.07) is 16.9. The van der Waals surface area contributed by atoms with Gasteiger partial charge in [-0.15, -0.1) is 0 Å². The van der Waals surface area contributed by atoms with Crippen LogP contribution < -0.4 is 10.9 Å². The number of para-hydroxylation sites is 1. The number of aromatic nitrogens is 1. The van der Waals surface area contributed by atoms with Crippen LogP contribution in [0.4, 0.5) is 10.5 Å². The van der Waals surface area contributed by atoms with Crippen molar-refractivity contribution in [2.45, 2.75) is 39.8 Å². The number of rotatable bonds is 5. The van der Waals surface area contributed by atoms with Crippen LogP contribution in [0.5, 0.6) is 0 Å². The number of nitrogens with one attached hydrogen (secondary N) is 2. The van der Waals surface area contributed by atoms with Crippen LogP contribution in [0.2, 0.25) is 0 Å². The topological polar surface area (TPSA) is 65.2 Å². The van der Waals surface area contributed by atoms with Gasteiger partial charge in [0, 0.05) is 35.2 Å². The summed E-state index contributed by atoms with van der Waals surface area (Å²) in [5.74, 6) is 0. The molecule has 140 valence electrons. The lowest BCUT2D eigenvalue weighted by Gasteiger charge is -2.27. The number of anilines is 1. The van der Waals surface area contributed by atoms with Crippen molar-refractivity contribution in [2.75, 3.05) is 5.32 Å². The molecule has 0 aliphatic heterocycles. The highest BCUT2D eigenvalue weighted by atomic mass is 16.2. The number of hydrogen-bond acceptors (Lipinski definition) is 2.